The molecule has 3 aromatic carbocycles. The smallest absolute Gasteiger partial charge is 0.338 e. The molecule has 5 rings (SSSR count). The van der Waals surface area contributed by atoms with E-state index in [1.807, 2.05) is 18.2 Å². The first-order valence-electron chi connectivity index (χ1n) is 13.0. The number of carbonyl (C=O) groups is 1. The lowest BCUT2D eigenvalue weighted by atomic mass is 9.96. The maximum absolute atomic E-state index is 14.1. The maximum Gasteiger partial charge on any atom is 0.338 e. The monoisotopic (exact) mass is 612 g/mol. The number of hydrogen-bond acceptors (Lipinski definition) is 7. The summed E-state index contributed by atoms with van der Waals surface area (Å²) in [7, 11) is 1.37. The Hall–Kier alpha value is -4.71. The largest absolute Gasteiger partial charge is 0.496 e. The van der Waals surface area contributed by atoms with Crippen molar-refractivity contribution in [2.75, 3.05) is 13.7 Å². The summed E-state index contributed by atoms with van der Waals surface area (Å²) in [5.41, 5.74) is 1.76. The van der Waals surface area contributed by atoms with Gasteiger partial charge in [0.05, 0.1) is 35.6 Å². The van der Waals surface area contributed by atoms with E-state index in [1.54, 1.807) is 50.3 Å². The van der Waals surface area contributed by atoms with Crippen molar-refractivity contribution < 1.29 is 36.6 Å². The van der Waals surface area contributed by atoms with E-state index in [9.17, 15) is 27.2 Å². The molecular formula is C31H24F4N2O5S. The third kappa shape index (κ3) is 5.70. The van der Waals surface area contributed by atoms with Crippen molar-refractivity contribution in [3.8, 4) is 11.5 Å². The van der Waals surface area contributed by atoms with E-state index >= 15 is 0 Å². The van der Waals surface area contributed by atoms with Crippen LogP contribution in [0, 0.1) is 23.3 Å². The third-order valence-electron chi connectivity index (χ3n) is 6.68. The van der Waals surface area contributed by atoms with Gasteiger partial charge in [-0.3, -0.25) is 9.36 Å². The quantitative estimate of drug-likeness (QED) is 0.160. The molecule has 1 aliphatic heterocycles. The minimum Gasteiger partial charge on any atom is -0.496 e. The number of carbonyl (C=O) groups excluding carboxylic acids is 1. The number of benzene rings is 3. The van der Waals surface area contributed by atoms with Crippen LogP contribution in [0.1, 0.15) is 36.6 Å². The first kappa shape index (κ1) is 29.8. The zero-order valence-electron chi connectivity index (χ0n) is 23.1. The van der Waals surface area contributed by atoms with Gasteiger partial charge < -0.3 is 14.2 Å². The molecule has 43 heavy (non-hydrogen) atoms. The predicted octanol–water partition coefficient (Wildman–Crippen LogP) is 4.94. The number of nitrogens with zero attached hydrogens (tertiary/aromatic N) is 2. The van der Waals surface area contributed by atoms with E-state index in [1.165, 1.54) is 11.7 Å². The van der Waals surface area contributed by atoms with Gasteiger partial charge in [-0.15, -0.1) is 0 Å². The first-order valence-corrected chi connectivity index (χ1v) is 13.8. The molecule has 0 fully saturated rings. The van der Waals surface area contributed by atoms with Gasteiger partial charge in [0.15, 0.2) is 22.2 Å². The van der Waals surface area contributed by atoms with Crippen LogP contribution in [0.5, 0.6) is 11.5 Å². The van der Waals surface area contributed by atoms with Gasteiger partial charge in [0.1, 0.15) is 12.4 Å². The molecule has 0 amide bonds. The van der Waals surface area contributed by atoms with Crippen molar-refractivity contribution in [1.29, 1.82) is 0 Å². The first-order chi connectivity index (χ1) is 20.6. The van der Waals surface area contributed by atoms with E-state index in [-0.39, 0.29) is 29.6 Å². The fraction of sp³-hybridized carbons (Fsp3) is 0.194. The molecule has 0 N–H and O–H groups in total. The number of halogens is 4. The fourth-order valence-corrected chi connectivity index (χ4v) is 5.77. The second kappa shape index (κ2) is 12.3. The highest BCUT2D eigenvalue weighted by Crippen LogP contribution is 2.31. The van der Waals surface area contributed by atoms with Gasteiger partial charge >= 0.3 is 5.97 Å². The summed E-state index contributed by atoms with van der Waals surface area (Å²) < 4.78 is 73.0. The molecular weight excluding hydrogens is 588 g/mol. The number of ether oxygens (including phenoxy) is 3. The molecule has 12 heteroatoms. The Morgan fingerprint density at radius 2 is 1.74 bits per heavy atom. The van der Waals surface area contributed by atoms with Crippen molar-refractivity contribution in [3.05, 3.63) is 126 Å². The summed E-state index contributed by atoms with van der Waals surface area (Å²) >= 11 is 1.12. The van der Waals surface area contributed by atoms with Crippen molar-refractivity contribution in [1.82, 2.24) is 4.57 Å². The van der Waals surface area contributed by atoms with Crippen LogP contribution in [-0.2, 0) is 16.1 Å². The van der Waals surface area contributed by atoms with Gasteiger partial charge in [-0.1, -0.05) is 47.7 Å². The molecule has 7 nitrogen and oxygen atoms in total. The summed E-state index contributed by atoms with van der Waals surface area (Å²) in [6.07, 6.45) is 1.58. The molecule has 1 aromatic heterocycles. The molecule has 0 bridgehead atoms. The number of thiazole rings is 1. The van der Waals surface area contributed by atoms with Gasteiger partial charge in [0.25, 0.3) is 5.56 Å². The van der Waals surface area contributed by atoms with Gasteiger partial charge in [-0.05, 0) is 43.2 Å². The molecule has 0 radical (unpaired) electrons. The third-order valence-corrected chi connectivity index (χ3v) is 7.66. The van der Waals surface area contributed by atoms with E-state index in [0.29, 0.717) is 26.2 Å². The maximum atomic E-state index is 14.1. The van der Waals surface area contributed by atoms with Crippen molar-refractivity contribution in [2.45, 2.75) is 26.5 Å². The second-order valence-electron chi connectivity index (χ2n) is 9.37. The number of rotatable bonds is 8. The normalized spacial score (nSPS) is 14.8. The van der Waals surface area contributed by atoms with Gasteiger partial charge in [0, 0.05) is 11.6 Å². The highest BCUT2D eigenvalue weighted by atomic mass is 32.1. The van der Waals surface area contributed by atoms with Crippen LogP contribution in [0.4, 0.5) is 17.6 Å². The van der Waals surface area contributed by atoms with Gasteiger partial charge in [-0.25, -0.2) is 18.6 Å². The van der Waals surface area contributed by atoms with Crippen molar-refractivity contribution in [3.63, 3.8) is 0 Å². The number of esters is 1. The lowest BCUT2D eigenvalue weighted by Crippen LogP contribution is -2.39. The van der Waals surface area contributed by atoms with E-state index < -0.39 is 53.2 Å². The van der Waals surface area contributed by atoms with E-state index in [4.69, 9.17) is 14.2 Å². The lowest BCUT2D eigenvalue weighted by Gasteiger charge is -2.24. The number of fused-ring (bicyclic) bond motifs is 1. The predicted molar refractivity (Wildman–Crippen MR) is 150 cm³/mol. The zero-order chi connectivity index (χ0) is 30.8. The van der Waals surface area contributed by atoms with Crippen molar-refractivity contribution in [2.24, 2.45) is 4.99 Å². The Balaban J connectivity index is 1.57. The van der Waals surface area contributed by atoms with E-state index in [2.05, 4.69) is 4.99 Å². The Labute approximate surface area is 246 Å². The fourth-order valence-electron chi connectivity index (χ4n) is 4.72. The topological polar surface area (TPSA) is 79.1 Å². The molecule has 0 spiro atoms. The summed E-state index contributed by atoms with van der Waals surface area (Å²) in [5.74, 6) is -8.03. The Kier molecular flexibility index (Phi) is 8.49. The average Bonchev–Trinajstić information content (AvgIpc) is 3.29. The summed E-state index contributed by atoms with van der Waals surface area (Å²) in [5, 5.41) is 0. The molecule has 1 atom stereocenters. The lowest BCUT2D eigenvalue weighted by molar-refractivity contribution is -0.139. The second-order valence-corrected chi connectivity index (χ2v) is 10.4. The van der Waals surface area contributed by atoms with Crippen LogP contribution in [0.25, 0.3) is 6.08 Å². The SMILES string of the molecule is CCOC(=O)C1=C(C)N=c2s/c(=C\c3ccc(OC)c(COc4c(F)c(F)cc(F)c4F)c3)c(=O)n2[C@@H]1c1ccccc1. The molecule has 2 heterocycles. The summed E-state index contributed by atoms with van der Waals surface area (Å²) in [6, 6.07) is 13.1. The number of aromatic nitrogens is 1. The molecule has 0 saturated carbocycles. The summed E-state index contributed by atoms with van der Waals surface area (Å²) in [6.45, 7) is 3.03. The van der Waals surface area contributed by atoms with Crippen LogP contribution < -0.4 is 24.4 Å². The Morgan fingerprint density at radius 1 is 1.05 bits per heavy atom. The van der Waals surface area contributed by atoms with Gasteiger partial charge in [-0.2, -0.15) is 8.78 Å². The molecule has 0 aliphatic carbocycles. The van der Waals surface area contributed by atoms with Gasteiger partial charge in [0.2, 0.25) is 11.6 Å². The molecule has 1 aliphatic rings. The Bertz CT molecular complexity index is 1910. The minimum atomic E-state index is -1.67. The number of hydrogen-bond donors (Lipinski definition) is 0. The molecule has 0 saturated heterocycles. The zero-order valence-corrected chi connectivity index (χ0v) is 23.9. The minimum absolute atomic E-state index is 0.0914. The molecule has 4 aromatic rings. The van der Waals surface area contributed by atoms with Crippen LogP contribution in [0.2, 0.25) is 0 Å². The van der Waals surface area contributed by atoms with Crippen molar-refractivity contribution >= 4 is 23.4 Å². The highest BCUT2D eigenvalue weighted by molar-refractivity contribution is 7.07. The molecule has 0 unspecified atom stereocenters. The average molecular weight is 613 g/mol. The van der Waals surface area contributed by atoms with Crippen LogP contribution >= 0.6 is 11.3 Å². The molecule has 222 valence electrons. The standard InChI is InChI=1S/C31H24F4N2O5S/c1-4-41-30(39)24-16(2)36-31-37(27(24)18-8-6-5-7-9-18)29(38)23(43-31)13-17-10-11-22(40-3)19(12-17)15-42-28-25(34)20(32)14-21(33)26(28)35/h5-14,27H,4,15H2,1-3H3/b23-13-/t27-/m1/s1. The van der Waals surface area contributed by atoms with Crippen LogP contribution in [0.15, 0.2) is 75.7 Å². The van der Waals surface area contributed by atoms with Crippen LogP contribution in [0.3, 0.4) is 0 Å². The van der Waals surface area contributed by atoms with E-state index in [0.717, 1.165) is 11.3 Å². The number of allylic oxidation sites excluding steroid dienone is 1. The summed E-state index contributed by atoms with van der Waals surface area (Å²) in [4.78, 5) is 31.7. The van der Waals surface area contributed by atoms with Crippen LogP contribution in [-0.4, -0.2) is 24.3 Å². The number of methoxy groups -OCH3 is 1. The highest BCUT2D eigenvalue weighted by Gasteiger charge is 2.33. The Morgan fingerprint density at radius 3 is 2.40 bits per heavy atom.